The second-order valence-electron chi connectivity index (χ2n) is 4.27. The molecule has 1 aromatic rings. The second kappa shape index (κ2) is 9.75. The highest BCUT2D eigenvalue weighted by Crippen LogP contribution is 2.16. The van der Waals surface area contributed by atoms with Gasteiger partial charge in [0.05, 0.1) is 19.8 Å². The van der Waals surface area contributed by atoms with E-state index in [0.29, 0.717) is 26.3 Å². The molecule has 0 unspecified atom stereocenters. The van der Waals surface area contributed by atoms with Crippen LogP contribution in [-0.4, -0.2) is 55.8 Å². The van der Waals surface area contributed by atoms with Crippen molar-refractivity contribution in [3.63, 3.8) is 0 Å². The highest BCUT2D eigenvalue weighted by molar-refractivity contribution is 5.31. The van der Waals surface area contributed by atoms with E-state index in [-0.39, 0.29) is 13.2 Å². The van der Waals surface area contributed by atoms with Gasteiger partial charge in [0, 0.05) is 13.1 Å². The van der Waals surface area contributed by atoms with E-state index < -0.39 is 6.10 Å². The number of aliphatic hydroxyl groups is 2. The van der Waals surface area contributed by atoms with Crippen LogP contribution < -0.4 is 10.1 Å². The first-order valence-corrected chi connectivity index (χ1v) is 6.50. The molecule has 1 rings (SSSR count). The molecular weight excluding hydrogens is 246 g/mol. The molecule has 0 bridgehead atoms. The molecule has 108 valence electrons. The summed E-state index contributed by atoms with van der Waals surface area (Å²) in [7, 11) is 0. The largest absolute Gasteiger partial charge is 0.491 e. The van der Waals surface area contributed by atoms with Gasteiger partial charge in [0.25, 0.3) is 0 Å². The molecule has 0 spiro atoms. The summed E-state index contributed by atoms with van der Waals surface area (Å²) in [6.07, 6.45) is -0.558. The van der Waals surface area contributed by atoms with E-state index in [9.17, 15) is 5.11 Å². The summed E-state index contributed by atoms with van der Waals surface area (Å²) in [6, 6.07) is 7.72. The van der Waals surface area contributed by atoms with E-state index in [1.165, 1.54) is 0 Å². The van der Waals surface area contributed by atoms with Crippen LogP contribution in [0.25, 0.3) is 0 Å². The second-order valence-corrected chi connectivity index (χ2v) is 4.27. The lowest BCUT2D eigenvalue weighted by atomic mass is 10.2. The van der Waals surface area contributed by atoms with Crippen LogP contribution in [0.3, 0.4) is 0 Å². The minimum atomic E-state index is -0.558. The van der Waals surface area contributed by atoms with Crippen LogP contribution in [0, 0.1) is 6.92 Å². The summed E-state index contributed by atoms with van der Waals surface area (Å²) in [5.41, 5.74) is 1.06. The quantitative estimate of drug-likeness (QED) is 0.534. The Labute approximate surface area is 114 Å². The summed E-state index contributed by atoms with van der Waals surface area (Å²) < 4.78 is 10.6. The molecule has 5 heteroatoms. The molecule has 0 fully saturated rings. The van der Waals surface area contributed by atoms with Crippen molar-refractivity contribution in [2.45, 2.75) is 13.0 Å². The Morgan fingerprint density at radius 1 is 1.26 bits per heavy atom. The predicted octanol–water partition coefficient (Wildman–Crippen LogP) is 0.333. The molecule has 0 aliphatic carbocycles. The van der Waals surface area contributed by atoms with E-state index in [2.05, 4.69) is 5.32 Å². The zero-order valence-electron chi connectivity index (χ0n) is 11.3. The molecule has 0 aliphatic rings. The maximum atomic E-state index is 9.74. The van der Waals surface area contributed by atoms with Crippen molar-refractivity contribution in [1.29, 1.82) is 0 Å². The third-order valence-electron chi connectivity index (χ3n) is 2.56. The fourth-order valence-corrected chi connectivity index (χ4v) is 1.54. The van der Waals surface area contributed by atoms with Crippen molar-refractivity contribution in [2.75, 3.05) is 39.5 Å². The molecule has 0 amide bonds. The molecule has 1 atom stereocenters. The van der Waals surface area contributed by atoms with E-state index in [0.717, 1.165) is 11.3 Å². The van der Waals surface area contributed by atoms with Gasteiger partial charge in [0.1, 0.15) is 18.5 Å². The lowest BCUT2D eigenvalue weighted by Crippen LogP contribution is -2.33. The molecule has 0 saturated heterocycles. The number of aliphatic hydroxyl groups excluding tert-OH is 2. The number of hydrogen-bond donors (Lipinski definition) is 3. The molecule has 1 aromatic carbocycles. The van der Waals surface area contributed by atoms with Crippen molar-refractivity contribution >= 4 is 0 Å². The average molecular weight is 269 g/mol. The third kappa shape index (κ3) is 7.12. The number of ether oxygens (including phenoxy) is 2. The summed E-state index contributed by atoms with van der Waals surface area (Å²) in [4.78, 5) is 0. The van der Waals surface area contributed by atoms with Gasteiger partial charge in [-0.15, -0.1) is 0 Å². The first-order valence-electron chi connectivity index (χ1n) is 6.50. The van der Waals surface area contributed by atoms with Crippen molar-refractivity contribution in [2.24, 2.45) is 0 Å². The molecule has 0 heterocycles. The summed E-state index contributed by atoms with van der Waals surface area (Å²) >= 11 is 0. The van der Waals surface area contributed by atoms with Crippen molar-refractivity contribution < 1.29 is 19.7 Å². The smallest absolute Gasteiger partial charge is 0.122 e. The predicted molar refractivity (Wildman–Crippen MR) is 73.5 cm³/mol. The normalized spacial score (nSPS) is 12.4. The average Bonchev–Trinajstić information content (AvgIpc) is 2.42. The van der Waals surface area contributed by atoms with E-state index in [4.69, 9.17) is 14.6 Å². The van der Waals surface area contributed by atoms with Crippen molar-refractivity contribution in [1.82, 2.24) is 5.32 Å². The van der Waals surface area contributed by atoms with Gasteiger partial charge in [-0.1, -0.05) is 18.2 Å². The standard InChI is InChI=1S/C14H23NO4/c1-12-4-2-3-5-14(12)19-11-13(17)10-15-6-8-18-9-7-16/h2-5,13,15-17H,6-11H2,1H3/t13-/m1/s1. The van der Waals surface area contributed by atoms with Gasteiger partial charge in [-0.05, 0) is 18.6 Å². The topological polar surface area (TPSA) is 71.0 Å². The highest BCUT2D eigenvalue weighted by Gasteiger charge is 2.05. The Balaban J connectivity index is 2.08. The van der Waals surface area contributed by atoms with Crippen LogP contribution in [0.1, 0.15) is 5.56 Å². The zero-order chi connectivity index (χ0) is 13.9. The molecule has 19 heavy (non-hydrogen) atoms. The van der Waals surface area contributed by atoms with Gasteiger partial charge in [0.15, 0.2) is 0 Å². The third-order valence-corrected chi connectivity index (χ3v) is 2.56. The van der Waals surface area contributed by atoms with E-state index >= 15 is 0 Å². The van der Waals surface area contributed by atoms with Crippen molar-refractivity contribution in [3.05, 3.63) is 29.8 Å². The SMILES string of the molecule is Cc1ccccc1OC[C@H](O)CNCCOCCO. The van der Waals surface area contributed by atoms with Crippen molar-refractivity contribution in [3.8, 4) is 5.75 Å². The zero-order valence-corrected chi connectivity index (χ0v) is 11.3. The van der Waals surface area contributed by atoms with Crippen LogP contribution >= 0.6 is 0 Å². The molecule has 0 aliphatic heterocycles. The Hall–Kier alpha value is -1.14. The van der Waals surface area contributed by atoms with Crippen LogP contribution in [0.4, 0.5) is 0 Å². The minimum Gasteiger partial charge on any atom is -0.491 e. The summed E-state index contributed by atoms with van der Waals surface area (Å²) in [5.74, 6) is 0.799. The van der Waals surface area contributed by atoms with Gasteiger partial charge in [0.2, 0.25) is 0 Å². The number of para-hydroxylation sites is 1. The van der Waals surface area contributed by atoms with E-state index in [1.54, 1.807) is 0 Å². The van der Waals surface area contributed by atoms with Gasteiger partial charge in [-0.25, -0.2) is 0 Å². The number of rotatable bonds is 10. The fourth-order valence-electron chi connectivity index (χ4n) is 1.54. The summed E-state index contributed by atoms with van der Waals surface area (Å²) in [5, 5.41) is 21.3. The van der Waals surface area contributed by atoms with Crippen LogP contribution in [0.2, 0.25) is 0 Å². The Kier molecular flexibility index (Phi) is 8.16. The number of benzene rings is 1. The van der Waals surface area contributed by atoms with E-state index in [1.807, 2.05) is 31.2 Å². The number of nitrogens with one attached hydrogen (secondary N) is 1. The van der Waals surface area contributed by atoms with Gasteiger partial charge in [-0.2, -0.15) is 0 Å². The molecule has 0 aromatic heterocycles. The molecule has 5 nitrogen and oxygen atoms in total. The van der Waals surface area contributed by atoms with Gasteiger partial charge in [-0.3, -0.25) is 0 Å². The lowest BCUT2D eigenvalue weighted by Gasteiger charge is -2.14. The Morgan fingerprint density at radius 3 is 2.79 bits per heavy atom. The van der Waals surface area contributed by atoms with Gasteiger partial charge >= 0.3 is 0 Å². The molecule has 0 saturated carbocycles. The lowest BCUT2D eigenvalue weighted by molar-refractivity contribution is 0.0841. The van der Waals surface area contributed by atoms with Crippen LogP contribution in [0.15, 0.2) is 24.3 Å². The van der Waals surface area contributed by atoms with Crippen LogP contribution in [0.5, 0.6) is 5.75 Å². The first kappa shape index (κ1) is 15.9. The first-order chi connectivity index (χ1) is 9.24. The molecule has 0 radical (unpaired) electrons. The van der Waals surface area contributed by atoms with Gasteiger partial charge < -0.3 is 25.0 Å². The summed E-state index contributed by atoms with van der Waals surface area (Å²) in [6.45, 7) is 4.23. The number of hydrogen-bond acceptors (Lipinski definition) is 5. The highest BCUT2D eigenvalue weighted by atomic mass is 16.5. The van der Waals surface area contributed by atoms with Crippen LogP contribution in [-0.2, 0) is 4.74 Å². The Bertz CT molecular complexity index is 346. The molecular formula is C14H23NO4. The maximum Gasteiger partial charge on any atom is 0.122 e. The minimum absolute atomic E-state index is 0.0346. The monoisotopic (exact) mass is 269 g/mol. The fraction of sp³-hybridized carbons (Fsp3) is 0.571. The number of aryl methyl sites for hydroxylation is 1. The molecule has 3 N–H and O–H groups in total. The Morgan fingerprint density at radius 2 is 2.05 bits per heavy atom. The maximum absolute atomic E-state index is 9.74.